The van der Waals surface area contributed by atoms with Crippen molar-refractivity contribution in [2.75, 3.05) is 6.61 Å². The van der Waals surface area contributed by atoms with Gasteiger partial charge in [0.1, 0.15) is 5.75 Å². The molecule has 0 aromatic heterocycles. The smallest absolute Gasteiger partial charge is 0.417 e. The van der Waals surface area contributed by atoms with Gasteiger partial charge in [-0.15, -0.1) is 0 Å². The number of carboxylic acid groups (broad SMARTS) is 1. The summed E-state index contributed by atoms with van der Waals surface area (Å²) in [5, 5.41) is 11.0. The van der Waals surface area contributed by atoms with Crippen molar-refractivity contribution in [3.8, 4) is 16.9 Å². The Morgan fingerprint density at radius 3 is 2.39 bits per heavy atom. The molecule has 4 aromatic rings. The van der Waals surface area contributed by atoms with Gasteiger partial charge < -0.3 is 9.84 Å². The zero-order chi connectivity index (χ0) is 23.6. The average molecular weight is 471 g/mol. The Hall–Kier alpha value is -3.51. The Kier molecular flexibility index (Phi) is 6.29. The van der Waals surface area contributed by atoms with Gasteiger partial charge in [-0.1, -0.05) is 66.2 Å². The minimum absolute atomic E-state index is 0.0276. The number of hydrogen-bond donors (Lipinski definition) is 1. The molecule has 0 fully saturated rings. The standard InChI is InChI=1S/C26H18ClF3O3/c27-22-10-4-9-21(26(28,29)30)25(22)18-11-12-23(33-15-24(31)32)19(14-18)13-17-7-3-6-16-5-1-2-8-20(16)17/h1-12,14H,13,15H2,(H,31,32). The topological polar surface area (TPSA) is 46.5 Å². The van der Waals surface area contributed by atoms with Crippen LogP contribution in [-0.4, -0.2) is 17.7 Å². The molecule has 4 aromatic carbocycles. The molecule has 0 saturated heterocycles. The van der Waals surface area contributed by atoms with Gasteiger partial charge in [-0.05, 0) is 51.7 Å². The first-order chi connectivity index (χ1) is 15.7. The Labute approximate surface area is 193 Å². The second kappa shape index (κ2) is 9.16. The van der Waals surface area contributed by atoms with Crippen LogP contribution in [0.2, 0.25) is 5.02 Å². The number of alkyl halides is 3. The summed E-state index contributed by atoms with van der Waals surface area (Å²) in [7, 11) is 0. The summed E-state index contributed by atoms with van der Waals surface area (Å²) in [5.41, 5.74) is 0.783. The molecule has 1 N–H and O–H groups in total. The zero-order valence-corrected chi connectivity index (χ0v) is 18.0. The van der Waals surface area contributed by atoms with E-state index in [1.165, 1.54) is 24.3 Å². The Morgan fingerprint density at radius 1 is 0.909 bits per heavy atom. The SMILES string of the molecule is O=C(O)COc1ccc(-c2c(Cl)cccc2C(F)(F)F)cc1Cc1cccc2ccccc12. The van der Waals surface area contributed by atoms with Crippen LogP contribution >= 0.6 is 11.6 Å². The first kappa shape index (κ1) is 22.7. The van der Waals surface area contributed by atoms with Gasteiger partial charge in [0.15, 0.2) is 6.61 Å². The van der Waals surface area contributed by atoms with Crippen LogP contribution in [0.25, 0.3) is 21.9 Å². The summed E-state index contributed by atoms with van der Waals surface area (Å²) in [6, 6.07) is 21.7. The average Bonchev–Trinajstić information content (AvgIpc) is 2.77. The summed E-state index contributed by atoms with van der Waals surface area (Å²) in [6.07, 6.45) is -4.26. The van der Waals surface area contributed by atoms with E-state index in [1.54, 1.807) is 6.07 Å². The van der Waals surface area contributed by atoms with E-state index in [0.29, 0.717) is 12.0 Å². The fraction of sp³-hybridized carbons (Fsp3) is 0.115. The van der Waals surface area contributed by atoms with E-state index >= 15 is 0 Å². The molecule has 0 aliphatic heterocycles. The van der Waals surface area contributed by atoms with Gasteiger partial charge in [0, 0.05) is 17.0 Å². The fourth-order valence-electron chi connectivity index (χ4n) is 3.86. The molecule has 7 heteroatoms. The van der Waals surface area contributed by atoms with Crippen molar-refractivity contribution in [1.82, 2.24) is 0 Å². The number of ether oxygens (including phenoxy) is 1. The highest BCUT2D eigenvalue weighted by molar-refractivity contribution is 6.33. The van der Waals surface area contributed by atoms with Gasteiger partial charge in [0.2, 0.25) is 0 Å². The van der Waals surface area contributed by atoms with Crippen molar-refractivity contribution in [3.63, 3.8) is 0 Å². The van der Waals surface area contributed by atoms with E-state index in [0.717, 1.165) is 22.4 Å². The lowest BCUT2D eigenvalue weighted by Gasteiger charge is -2.17. The van der Waals surface area contributed by atoms with Crippen LogP contribution in [0.4, 0.5) is 13.2 Å². The molecule has 0 aliphatic rings. The van der Waals surface area contributed by atoms with E-state index in [9.17, 15) is 18.0 Å². The molecule has 0 atom stereocenters. The van der Waals surface area contributed by atoms with Gasteiger partial charge in [-0.2, -0.15) is 13.2 Å². The second-order valence-electron chi connectivity index (χ2n) is 7.48. The van der Waals surface area contributed by atoms with Crippen LogP contribution in [0, 0.1) is 0 Å². The maximum absolute atomic E-state index is 13.7. The van der Waals surface area contributed by atoms with Gasteiger partial charge >= 0.3 is 12.1 Å². The molecule has 0 radical (unpaired) electrons. The molecular formula is C26H18ClF3O3. The maximum atomic E-state index is 13.7. The number of benzene rings is 4. The molecule has 3 nitrogen and oxygen atoms in total. The summed E-state index contributed by atoms with van der Waals surface area (Å²) < 4.78 is 46.5. The molecular weight excluding hydrogens is 453 g/mol. The van der Waals surface area contributed by atoms with Crippen LogP contribution in [-0.2, 0) is 17.4 Å². The van der Waals surface area contributed by atoms with E-state index in [1.807, 2.05) is 42.5 Å². The maximum Gasteiger partial charge on any atom is 0.417 e. The van der Waals surface area contributed by atoms with Crippen molar-refractivity contribution >= 4 is 28.3 Å². The number of halogens is 4. The van der Waals surface area contributed by atoms with E-state index in [-0.39, 0.29) is 21.9 Å². The lowest BCUT2D eigenvalue weighted by atomic mass is 9.93. The van der Waals surface area contributed by atoms with Gasteiger partial charge in [-0.25, -0.2) is 4.79 Å². The third-order valence-corrected chi connectivity index (χ3v) is 5.60. The highest BCUT2D eigenvalue weighted by Gasteiger charge is 2.34. The van der Waals surface area contributed by atoms with Crippen LogP contribution in [0.1, 0.15) is 16.7 Å². The summed E-state index contributed by atoms with van der Waals surface area (Å²) in [5.74, 6) is -0.865. The third-order valence-electron chi connectivity index (χ3n) is 5.28. The van der Waals surface area contributed by atoms with Gasteiger partial charge in [-0.3, -0.25) is 0 Å². The monoisotopic (exact) mass is 470 g/mol. The van der Waals surface area contributed by atoms with Crippen LogP contribution < -0.4 is 4.74 Å². The van der Waals surface area contributed by atoms with Crippen molar-refractivity contribution < 1.29 is 27.8 Å². The summed E-state index contributed by atoms with van der Waals surface area (Å²) in [4.78, 5) is 11.0. The highest BCUT2D eigenvalue weighted by atomic mass is 35.5. The quantitative estimate of drug-likeness (QED) is 0.323. The number of rotatable bonds is 6. The summed E-state index contributed by atoms with van der Waals surface area (Å²) in [6.45, 7) is -0.568. The minimum atomic E-state index is -4.59. The minimum Gasteiger partial charge on any atom is -0.482 e. The number of carboxylic acids is 1. The number of hydrogen-bond acceptors (Lipinski definition) is 2. The van der Waals surface area contributed by atoms with Crippen LogP contribution in [0.15, 0.2) is 78.9 Å². The van der Waals surface area contributed by atoms with Gasteiger partial charge in [0.25, 0.3) is 0 Å². The lowest BCUT2D eigenvalue weighted by molar-refractivity contribution is -0.139. The van der Waals surface area contributed by atoms with Crippen molar-refractivity contribution in [2.24, 2.45) is 0 Å². The molecule has 0 spiro atoms. The first-order valence-electron chi connectivity index (χ1n) is 10.0. The third kappa shape index (κ3) is 4.96. The van der Waals surface area contributed by atoms with Crippen molar-refractivity contribution in [1.29, 1.82) is 0 Å². The Morgan fingerprint density at radius 2 is 1.64 bits per heavy atom. The summed E-state index contributed by atoms with van der Waals surface area (Å²) >= 11 is 6.19. The molecule has 0 saturated carbocycles. The Bertz CT molecular complexity index is 1330. The molecule has 33 heavy (non-hydrogen) atoms. The number of fused-ring (bicyclic) bond motifs is 1. The molecule has 0 heterocycles. The molecule has 0 aliphatic carbocycles. The highest BCUT2D eigenvalue weighted by Crippen LogP contribution is 2.42. The molecule has 0 unspecified atom stereocenters. The predicted octanol–water partition coefficient (Wildman–Crippen LogP) is 7.23. The lowest BCUT2D eigenvalue weighted by Crippen LogP contribution is -2.11. The zero-order valence-electron chi connectivity index (χ0n) is 17.2. The second-order valence-corrected chi connectivity index (χ2v) is 7.89. The van der Waals surface area contributed by atoms with Crippen molar-refractivity contribution in [2.45, 2.75) is 12.6 Å². The van der Waals surface area contributed by atoms with E-state index in [4.69, 9.17) is 21.4 Å². The molecule has 0 bridgehead atoms. The molecule has 4 rings (SSSR count). The van der Waals surface area contributed by atoms with Crippen LogP contribution in [0.5, 0.6) is 5.75 Å². The van der Waals surface area contributed by atoms with E-state index < -0.39 is 24.3 Å². The predicted molar refractivity (Wildman–Crippen MR) is 122 cm³/mol. The number of aliphatic carboxylic acids is 1. The van der Waals surface area contributed by atoms with E-state index in [2.05, 4.69) is 0 Å². The first-order valence-corrected chi connectivity index (χ1v) is 10.4. The molecule has 0 amide bonds. The normalized spacial score (nSPS) is 11.5. The van der Waals surface area contributed by atoms with Crippen LogP contribution in [0.3, 0.4) is 0 Å². The Balaban J connectivity index is 1.85. The number of carbonyl (C=O) groups is 1. The van der Waals surface area contributed by atoms with Gasteiger partial charge in [0.05, 0.1) is 5.56 Å². The fourth-order valence-corrected chi connectivity index (χ4v) is 4.14. The largest absolute Gasteiger partial charge is 0.482 e. The molecule has 168 valence electrons. The van der Waals surface area contributed by atoms with Crippen molar-refractivity contribution in [3.05, 3.63) is 101 Å².